The van der Waals surface area contributed by atoms with Gasteiger partial charge >= 0.3 is 0 Å². The quantitative estimate of drug-likeness (QED) is 0.877. The van der Waals surface area contributed by atoms with Crippen LogP contribution in [0.2, 0.25) is 10.0 Å². The first-order valence-corrected chi connectivity index (χ1v) is 9.75. The molecule has 1 saturated carbocycles. The van der Waals surface area contributed by atoms with Gasteiger partial charge in [0.2, 0.25) is 15.9 Å². The highest BCUT2D eigenvalue weighted by atomic mass is 35.5. The molecule has 1 aromatic rings. The summed E-state index contributed by atoms with van der Waals surface area (Å²) in [6, 6.07) is 3.08. The number of aryl methyl sites for hydroxylation is 1. The summed E-state index contributed by atoms with van der Waals surface area (Å²) in [6.07, 6.45) is 2.94. The summed E-state index contributed by atoms with van der Waals surface area (Å²) in [6.45, 7) is 2.23. The highest BCUT2D eigenvalue weighted by Gasteiger charge is 2.40. The first-order valence-electron chi connectivity index (χ1n) is 7.56. The zero-order valence-electron chi connectivity index (χ0n) is 12.7. The van der Waals surface area contributed by atoms with E-state index in [9.17, 15) is 13.2 Å². The summed E-state index contributed by atoms with van der Waals surface area (Å²) in [4.78, 5) is 11.8. The lowest BCUT2D eigenvalue weighted by Crippen LogP contribution is -2.61. The maximum atomic E-state index is 12.7. The van der Waals surface area contributed by atoms with Crippen LogP contribution in [0, 0.1) is 12.8 Å². The van der Waals surface area contributed by atoms with Gasteiger partial charge in [0.05, 0.1) is 16.1 Å². The van der Waals surface area contributed by atoms with Crippen molar-refractivity contribution in [2.24, 2.45) is 5.92 Å². The Morgan fingerprint density at radius 3 is 2.48 bits per heavy atom. The van der Waals surface area contributed by atoms with Gasteiger partial charge in [-0.15, -0.1) is 0 Å². The Hall–Kier alpha value is -0.820. The summed E-state index contributed by atoms with van der Waals surface area (Å²) in [5.41, 5.74) is 0.657. The highest BCUT2D eigenvalue weighted by Crippen LogP contribution is 2.35. The lowest BCUT2D eigenvalue weighted by Gasteiger charge is -2.39. The van der Waals surface area contributed by atoms with Crippen molar-refractivity contribution < 1.29 is 13.2 Å². The van der Waals surface area contributed by atoms with E-state index in [1.54, 1.807) is 13.0 Å². The normalized spacial score (nSPS) is 20.0. The second-order valence-electron chi connectivity index (χ2n) is 6.16. The molecule has 2 aliphatic rings. The van der Waals surface area contributed by atoms with Gasteiger partial charge in [-0.3, -0.25) is 4.79 Å². The number of sulfonamides is 1. The number of halogens is 2. The van der Waals surface area contributed by atoms with Crippen molar-refractivity contribution in [2.75, 3.05) is 13.1 Å². The summed E-state index contributed by atoms with van der Waals surface area (Å²) in [5, 5.41) is 3.17. The minimum Gasteiger partial charge on any atom is -0.350 e. The molecule has 0 radical (unpaired) electrons. The molecule has 1 N–H and O–H groups in total. The molecule has 0 atom stereocenters. The highest BCUT2D eigenvalue weighted by molar-refractivity contribution is 7.89. The van der Waals surface area contributed by atoms with Crippen molar-refractivity contribution in [3.63, 3.8) is 0 Å². The van der Waals surface area contributed by atoms with E-state index >= 15 is 0 Å². The number of nitrogens with one attached hydrogen (secondary N) is 1. The van der Waals surface area contributed by atoms with Gasteiger partial charge < -0.3 is 5.32 Å². The zero-order chi connectivity index (χ0) is 16.8. The Bertz CT molecular complexity index is 741. The van der Waals surface area contributed by atoms with Gasteiger partial charge in [-0.2, -0.15) is 4.31 Å². The van der Waals surface area contributed by atoms with Crippen LogP contribution < -0.4 is 5.32 Å². The number of rotatable bonds is 4. The summed E-state index contributed by atoms with van der Waals surface area (Å²) >= 11 is 12.2. The van der Waals surface area contributed by atoms with E-state index in [0.717, 1.165) is 19.3 Å². The molecule has 3 rings (SSSR count). The summed E-state index contributed by atoms with van der Waals surface area (Å²) in [5.74, 6) is 0.131. The Morgan fingerprint density at radius 2 is 1.91 bits per heavy atom. The Balaban J connectivity index is 1.69. The molecule has 23 heavy (non-hydrogen) atoms. The monoisotopic (exact) mass is 376 g/mol. The molecule has 1 heterocycles. The van der Waals surface area contributed by atoms with E-state index in [4.69, 9.17) is 23.2 Å². The van der Waals surface area contributed by atoms with Crippen LogP contribution >= 0.6 is 23.2 Å². The van der Waals surface area contributed by atoms with Crippen molar-refractivity contribution in [3.8, 4) is 0 Å². The van der Waals surface area contributed by atoms with Gasteiger partial charge in [-0.05, 0) is 31.4 Å². The van der Waals surface area contributed by atoms with E-state index in [-0.39, 0.29) is 45.9 Å². The van der Waals surface area contributed by atoms with Crippen LogP contribution in [0.4, 0.5) is 0 Å². The van der Waals surface area contributed by atoms with Gasteiger partial charge in [-0.1, -0.05) is 35.7 Å². The molecule has 1 aliphatic carbocycles. The predicted molar refractivity (Wildman–Crippen MR) is 89.2 cm³/mol. The van der Waals surface area contributed by atoms with Crippen molar-refractivity contribution in [2.45, 2.75) is 37.1 Å². The third-order valence-electron chi connectivity index (χ3n) is 4.51. The van der Waals surface area contributed by atoms with Gasteiger partial charge in [0.1, 0.15) is 4.90 Å². The Kier molecular flexibility index (Phi) is 4.62. The molecule has 1 aliphatic heterocycles. The molecule has 0 spiro atoms. The number of amides is 1. The van der Waals surface area contributed by atoms with Gasteiger partial charge in [-0.25, -0.2) is 8.42 Å². The standard InChI is InChI=1S/C15H18Cl2N2O3S/c1-9-5-6-12(16)14(13(9)17)23(21,22)19-7-11(8-19)18-15(20)10-3-2-4-10/h5-6,10-11H,2-4,7-8H2,1H3,(H,18,20). The second kappa shape index (κ2) is 6.24. The first-order chi connectivity index (χ1) is 10.8. The molecular formula is C15H18Cl2N2O3S. The molecule has 0 aromatic heterocycles. The van der Waals surface area contributed by atoms with Crippen LogP contribution in [0.1, 0.15) is 24.8 Å². The Morgan fingerprint density at radius 1 is 1.26 bits per heavy atom. The van der Waals surface area contributed by atoms with Crippen molar-refractivity contribution in [1.82, 2.24) is 9.62 Å². The summed E-state index contributed by atoms with van der Waals surface area (Å²) in [7, 11) is -3.75. The zero-order valence-corrected chi connectivity index (χ0v) is 15.0. The summed E-state index contributed by atoms with van der Waals surface area (Å²) < 4.78 is 26.7. The lowest BCUT2D eigenvalue weighted by atomic mass is 9.84. The number of hydrogen-bond acceptors (Lipinski definition) is 3. The fourth-order valence-corrected chi connectivity index (χ4v) is 5.38. The Labute approximate surface area is 146 Å². The van der Waals surface area contributed by atoms with Crippen LogP contribution in [0.5, 0.6) is 0 Å². The molecular weight excluding hydrogens is 359 g/mol. The van der Waals surface area contributed by atoms with Crippen molar-refractivity contribution >= 4 is 39.1 Å². The molecule has 1 amide bonds. The number of carbonyl (C=O) groups excluding carboxylic acids is 1. The minimum absolute atomic E-state index is 0.0323. The maximum absolute atomic E-state index is 12.7. The van der Waals surface area contributed by atoms with Crippen LogP contribution in [0.15, 0.2) is 17.0 Å². The average Bonchev–Trinajstić information content (AvgIpc) is 2.35. The van der Waals surface area contributed by atoms with Crippen LogP contribution in [0.25, 0.3) is 0 Å². The smallest absolute Gasteiger partial charge is 0.246 e. The predicted octanol–water partition coefficient (Wildman–Crippen LogP) is 2.59. The minimum atomic E-state index is -3.75. The topological polar surface area (TPSA) is 66.5 Å². The van der Waals surface area contributed by atoms with E-state index < -0.39 is 10.0 Å². The first kappa shape index (κ1) is 17.0. The van der Waals surface area contributed by atoms with E-state index in [2.05, 4.69) is 5.32 Å². The van der Waals surface area contributed by atoms with Crippen molar-refractivity contribution in [3.05, 3.63) is 27.7 Å². The number of nitrogens with zero attached hydrogens (tertiary/aromatic N) is 1. The SMILES string of the molecule is Cc1ccc(Cl)c(S(=O)(=O)N2CC(NC(=O)C3CCC3)C2)c1Cl. The van der Waals surface area contributed by atoms with Gasteiger partial charge in [0, 0.05) is 19.0 Å². The third kappa shape index (κ3) is 3.09. The largest absolute Gasteiger partial charge is 0.350 e. The fraction of sp³-hybridized carbons (Fsp3) is 0.533. The van der Waals surface area contributed by atoms with E-state index in [0.29, 0.717) is 5.56 Å². The molecule has 0 bridgehead atoms. The molecule has 1 saturated heterocycles. The second-order valence-corrected chi connectivity index (χ2v) is 8.82. The van der Waals surface area contributed by atoms with Gasteiger partial charge in [0.25, 0.3) is 0 Å². The molecule has 126 valence electrons. The van der Waals surface area contributed by atoms with Crippen LogP contribution in [-0.4, -0.2) is 37.8 Å². The average molecular weight is 377 g/mol. The third-order valence-corrected chi connectivity index (χ3v) is 7.45. The van der Waals surface area contributed by atoms with Crippen LogP contribution in [-0.2, 0) is 14.8 Å². The lowest BCUT2D eigenvalue weighted by molar-refractivity contribution is -0.128. The number of carbonyl (C=O) groups is 1. The molecule has 5 nitrogen and oxygen atoms in total. The molecule has 8 heteroatoms. The van der Waals surface area contributed by atoms with Gasteiger partial charge in [0.15, 0.2) is 0 Å². The molecule has 0 unspecified atom stereocenters. The van der Waals surface area contributed by atoms with E-state index in [1.165, 1.54) is 10.4 Å². The van der Waals surface area contributed by atoms with Crippen molar-refractivity contribution in [1.29, 1.82) is 0 Å². The molecule has 1 aromatic carbocycles. The fourth-order valence-electron chi connectivity index (χ4n) is 2.71. The number of benzene rings is 1. The number of hydrogen-bond donors (Lipinski definition) is 1. The van der Waals surface area contributed by atoms with E-state index in [1.807, 2.05) is 0 Å². The maximum Gasteiger partial charge on any atom is 0.246 e. The van der Waals surface area contributed by atoms with Crippen LogP contribution in [0.3, 0.4) is 0 Å². The molecule has 2 fully saturated rings.